The van der Waals surface area contributed by atoms with Crippen molar-refractivity contribution in [2.24, 2.45) is 5.73 Å². The number of amides is 1. The number of rotatable bonds is 5. The summed E-state index contributed by atoms with van der Waals surface area (Å²) in [5.41, 5.74) is 6.22. The van der Waals surface area contributed by atoms with Crippen LogP contribution < -0.4 is 15.8 Å². The molecule has 0 aliphatic heterocycles. The maximum absolute atomic E-state index is 11.4. The molecule has 1 amide bonds. The van der Waals surface area contributed by atoms with E-state index in [1.165, 1.54) is 0 Å². The third-order valence-corrected chi connectivity index (χ3v) is 2.67. The third-order valence-electron chi connectivity index (χ3n) is 2.45. The molecule has 4 nitrogen and oxygen atoms in total. The van der Waals surface area contributed by atoms with Gasteiger partial charge in [-0.2, -0.15) is 0 Å². The van der Waals surface area contributed by atoms with Crippen LogP contribution in [0.1, 0.15) is 18.4 Å². The van der Waals surface area contributed by atoms with Gasteiger partial charge in [-0.15, -0.1) is 0 Å². The predicted molar refractivity (Wildman–Crippen MR) is 69.0 cm³/mol. The second kappa shape index (κ2) is 5.14. The minimum absolute atomic E-state index is 0.00384. The number of hydrogen-bond acceptors (Lipinski definition) is 3. The van der Waals surface area contributed by atoms with Gasteiger partial charge in [0.15, 0.2) is 6.61 Å². The summed E-state index contributed by atoms with van der Waals surface area (Å²) in [5.74, 6) is 0.441. The predicted octanol–water partition coefficient (Wildman–Crippen LogP) is 0.978. The maximum Gasteiger partial charge on any atom is 0.258 e. The van der Waals surface area contributed by atoms with Crippen LogP contribution in [0.5, 0.6) is 5.75 Å². The highest BCUT2D eigenvalue weighted by Gasteiger charge is 2.23. The molecule has 1 fully saturated rings. The maximum atomic E-state index is 11.4. The Hall–Kier alpha value is -1.62. The molecule has 1 aromatic rings. The van der Waals surface area contributed by atoms with Gasteiger partial charge in [-0.1, -0.05) is 24.4 Å². The van der Waals surface area contributed by atoms with Crippen molar-refractivity contribution in [1.29, 1.82) is 0 Å². The molecule has 0 unspecified atom stereocenters. The molecule has 0 spiro atoms. The molecule has 2 rings (SSSR count). The van der Waals surface area contributed by atoms with Crippen molar-refractivity contribution < 1.29 is 9.53 Å². The summed E-state index contributed by atoms with van der Waals surface area (Å²) in [4.78, 5) is 11.7. The molecule has 0 radical (unpaired) electrons. The summed E-state index contributed by atoms with van der Waals surface area (Å²) >= 11 is 4.91. The second-order valence-electron chi connectivity index (χ2n) is 3.99. The SMILES string of the molecule is NC(=S)c1ccccc1OCC(=O)NC1CC1. The van der Waals surface area contributed by atoms with Gasteiger partial charge in [-0.05, 0) is 25.0 Å². The van der Waals surface area contributed by atoms with E-state index in [9.17, 15) is 4.79 Å². The normalized spacial score (nSPS) is 14.1. The molecule has 17 heavy (non-hydrogen) atoms. The van der Waals surface area contributed by atoms with E-state index in [0.29, 0.717) is 17.4 Å². The fourth-order valence-corrected chi connectivity index (χ4v) is 1.61. The lowest BCUT2D eigenvalue weighted by molar-refractivity contribution is -0.123. The van der Waals surface area contributed by atoms with Gasteiger partial charge in [0.05, 0.1) is 5.56 Å². The van der Waals surface area contributed by atoms with Crippen molar-refractivity contribution in [3.63, 3.8) is 0 Å². The number of benzene rings is 1. The topological polar surface area (TPSA) is 64.3 Å². The van der Waals surface area contributed by atoms with Gasteiger partial charge in [0, 0.05) is 6.04 Å². The van der Waals surface area contributed by atoms with Gasteiger partial charge in [-0.3, -0.25) is 4.79 Å². The standard InChI is InChI=1S/C12H14N2O2S/c13-12(17)9-3-1-2-4-10(9)16-7-11(15)14-8-5-6-8/h1-4,8H,5-7H2,(H2,13,17)(H,14,15). The number of nitrogens with one attached hydrogen (secondary N) is 1. The number of carbonyl (C=O) groups is 1. The first-order chi connectivity index (χ1) is 8.16. The van der Waals surface area contributed by atoms with Crippen molar-refractivity contribution in [3.8, 4) is 5.75 Å². The van der Waals surface area contributed by atoms with Gasteiger partial charge < -0.3 is 15.8 Å². The first-order valence-corrected chi connectivity index (χ1v) is 5.88. The molecule has 3 N–H and O–H groups in total. The molecule has 5 heteroatoms. The fraction of sp³-hybridized carbons (Fsp3) is 0.333. The van der Waals surface area contributed by atoms with Crippen LogP contribution in [0.3, 0.4) is 0 Å². The zero-order valence-electron chi connectivity index (χ0n) is 9.31. The van der Waals surface area contributed by atoms with Crippen LogP contribution in [0.4, 0.5) is 0 Å². The van der Waals surface area contributed by atoms with Crippen molar-refractivity contribution in [2.45, 2.75) is 18.9 Å². The Kier molecular flexibility index (Phi) is 3.58. The Balaban J connectivity index is 1.93. The number of thiocarbonyl (C=S) groups is 1. The first-order valence-electron chi connectivity index (χ1n) is 5.48. The van der Waals surface area contributed by atoms with Gasteiger partial charge in [-0.25, -0.2) is 0 Å². The molecule has 0 atom stereocenters. The lowest BCUT2D eigenvalue weighted by Gasteiger charge is -2.10. The Bertz CT molecular complexity index is 444. The van der Waals surface area contributed by atoms with E-state index in [2.05, 4.69) is 5.32 Å². The Morgan fingerprint density at radius 1 is 1.47 bits per heavy atom. The second-order valence-corrected chi connectivity index (χ2v) is 4.43. The summed E-state index contributed by atoms with van der Waals surface area (Å²) in [5, 5.41) is 2.84. The largest absolute Gasteiger partial charge is 0.483 e. The summed E-state index contributed by atoms with van der Waals surface area (Å²) in [6, 6.07) is 7.51. The van der Waals surface area contributed by atoms with Crippen LogP contribution in [0, 0.1) is 0 Å². The van der Waals surface area contributed by atoms with Gasteiger partial charge >= 0.3 is 0 Å². The molecular weight excluding hydrogens is 236 g/mol. The third kappa shape index (κ3) is 3.42. The van der Waals surface area contributed by atoms with E-state index < -0.39 is 0 Å². The van der Waals surface area contributed by atoms with Crippen LogP contribution >= 0.6 is 12.2 Å². The fourth-order valence-electron chi connectivity index (χ4n) is 1.44. The number of nitrogens with two attached hydrogens (primary N) is 1. The van der Waals surface area contributed by atoms with Gasteiger partial charge in [0.25, 0.3) is 5.91 Å². The monoisotopic (exact) mass is 250 g/mol. The summed E-state index contributed by atoms with van der Waals surface area (Å²) in [7, 11) is 0. The van der Waals surface area contributed by atoms with Crippen molar-refractivity contribution >= 4 is 23.1 Å². The van der Waals surface area contributed by atoms with Crippen LogP contribution in [-0.2, 0) is 4.79 Å². The number of carbonyl (C=O) groups excluding carboxylic acids is 1. The minimum atomic E-state index is -0.106. The molecule has 1 aliphatic rings. The van der Waals surface area contributed by atoms with E-state index in [1.807, 2.05) is 12.1 Å². The molecular formula is C12H14N2O2S. The highest BCUT2D eigenvalue weighted by molar-refractivity contribution is 7.80. The molecule has 1 aliphatic carbocycles. The number of hydrogen-bond donors (Lipinski definition) is 2. The zero-order valence-corrected chi connectivity index (χ0v) is 10.1. The average Bonchev–Trinajstić information content (AvgIpc) is 3.10. The molecule has 0 saturated heterocycles. The first kappa shape index (κ1) is 11.9. The summed E-state index contributed by atoms with van der Waals surface area (Å²) < 4.78 is 5.41. The lowest BCUT2D eigenvalue weighted by Crippen LogP contribution is -2.30. The quantitative estimate of drug-likeness (QED) is 0.765. The van der Waals surface area contributed by atoms with Crippen LogP contribution in [0.25, 0.3) is 0 Å². The Morgan fingerprint density at radius 2 is 2.18 bits per heavy atom. The van der Waals surface area contributed by atoms with E-state index in [0.717, 1.165) is 12.8 Å². The minimum Gasteiger partial charge on any atom is -0.483 e. The van der Waals surface area contributed by atoms with Crippen LogP contribution in [0.2, 0.25) is 0 Å². The molecule has 0 heterocycles. The van der Waals surface area contributed by atoms with Gasteiger partial charge in [0.1, 0.15) is 10.7 Å². The smallest absolute Gasteiger partial charge is 0.258 e. The Labute approximate surface area is 105 Å². The Morgan fingerprint density at radius 3 is 2.82 bits per heavy atom. The van der Waals surface area contributed by atoms with E-state index in [-0.39, 0.29) is 17.5 Å². The van der Waals surface area contributed by atoms with E-state index in [1.54, 1.807) is 12.1 Å². The molecule has 0 bridgehead atoms. The number of ether oxygens (including phenoxy) is 1. The molecule has 0 aromatic heterocycles. The van der Waals surface area contributed by atoms with E-state index >= 15 is 0 Å². The van der Waals surface area contributed by atoms with Crippen molar-refractivity contribution in [1.82, 2.24) is 5.32 Å². The van der Waals surface area contributed by atoms with E-state index in [4.69, 9.17) is 22.7 Å². The lowest BCUT2D eigenvalue weighted by atomic mass is 10.2. The van der Waals surface area contributed by atoms with Crippen LogP contribution in [-0.4, -0.2) is 23.5 Å². The highest BCUT2D eigenvalue weighted by atomic mass is 32.1. The summed E-state index contributed by atoms with van der Waals surface area (Å²) in [6.45, 7) is -0.00384. The van der Waals surface area contributed by atoms with Crippen molar-refractivity contribution in [3.05, 3.63) is 29.8 Å². The summed E-state index contributed by atoms with van der Waals surface area (Å²) in [6.07, 6.45) is 2.13. The highest BCUT2D eigenvalue weighted by Crippen LogP contribution is 2.19. The van der Waals surface area contributed by atoms with Crippen LogP contribution in [0.15, 0.2) is 24.3 Å². The molecule has 90 valence electrons. The van der Waals surface area contributed by atoms with Crippen molar-refractivity contribution in [2.75, 3.05) is 6.61 Å². The number of para-hydroxylation sites is 1. The molecule has 1 saturated carbocycles. The zero-order chi connectivity index (χ0) is 12.3. The molecule has 1 aromatic carbocycles. The average molecular weight is 250 g/mol. The van der Waals surface area contributed by atoms with Gasteiger partial charge in [0.2, 0.25) is 0 Å².